The third-order valence-corrected chi connectivity index (χ3v) is 3.79. The molecule has 0 spiro atoms. The van der Waals surface area contributed by atoms with Gasteiger partial charge >= 0.3 is 5.97 Å². The van der Waals surface area contributed by atoms with Crippen molar-refractivity contribution < 1.29 is 28.5 Å². The van der Waals surface area contributed by atoms with Crippen molar-refractivity contribution >= 4 is 23.6 Å². The van der Waals surface area contributed by atoms with Gasteiger partial charge in [0.15, 0.2) is 18.1 Å². The van der Waals surface area contributed by atoms with Crippen molar-refractivity contribution in [1.82, 2.24) is 0 Å². The molecule has 28 heavy (non-hydrogen) atoms. The summed E-state index contributed by atoms with van der Waals surface area (Å²) >= 11 is 0. The van der Waals surface area contributed by atoms with Gasteiger partial charge in [0.2, 0.25) is 0 Å². The number of esters is 1. The predicted octanol–water partition coefficient (Wildman–Crippen LogP) is 3.05. The lowest BCUT2D eigenvalue weighted by atomic mass is 10.2. The molecule has 1 N–H and O–H groups in total. The number of anilines is 1. The summed E-state index contributed by atoms with van der Waals surface area (Å²) in [4.78, 5) is 23.9. The lowest BCUT2D eigenvalue weighted by Gasteiger charge is -2.18. The Hall–Kier alpha value is -3.48. The minimum absolute atomic E-state index is 0.398. The SMILES string of the molecule is CCOc1ccccc1C=CC(=O)OCC(=O)Nc1ccc2c(c1)OCCO2. The standard InChI is InChI=1S/C21H21NO6/c1-2-25-17-6-4-3-5-15(17)7-10-21(24)28-14-20(23)22-16-8-9-18-19(13-16)27-12-11-26-18/h3-10,13H,2,11-12,14H2,1H3,(H,22,23). The van der Waals surface area contributed by atoms with Crippen LogP contribution in [0.3, 0.4) is 0 Å². The van der Waals surface area contributed by atoms with Crippen LogP contribution in [0.1, 0.15) is 12.5 Å². The van der Waals surface area contributed by atoms with Crippen molar-refractivity contribution in [2.45, 2.75) is 6.92 Å². The maximum absolute atomic E-state index is 12.0. The van der Waals surface area contributed by atoms with Crippen LogP contribution < -0.4 is 19.5 Å². The molecule has 2 aromatic rings. The molecule has 1 aliphatic heterocycles. The van der Waals surface area contributed by atoms with Crippen molar-refractivity contribution in [2.75, 3.05) is 31.7 Å². The number of fused-ring (bicyclic) bond motifs is 1. The molecule has 0 saturated heterocycles. The van der Waals surface area contributed by atoms with Crippen LogP contribution in [0.15, 0.2) is 48.5 Å². The topological polar surface area (TPSA) is 83.1 Å². The number of para-hydroxylation sites is 1. The van der Waals surface area contributed by atoms with E-state index < -0.39 is 18.5 Å². The van der Waals surface area contributed by atoms with Gasteiger partial charge in [0.1, 0.15) is 19.0 Å². The summed E-state index contributed by atoms with van der Waals surface area (Å²) in [6.07, 6.45) is 2.85. The van der Waals surface area contributed by atoms with Crippen molar-refractivity contribution in [3.63, 3.8) is 0 Å². The quantitative estimate of drug-likeness (QED) is 0.584. The summed E-state index contributed by atoms with van der Waals surface area (Å²) in [5.74, 6) is 0.798. The van der Waals surface area contributed by atoms with Gasteiger partial charge in [-0.25, -0.2) is 4.79 Å². The lowest BCUT2D eigenvalue weighted by Crippen LogP contribution is -2.20. The Morgan fingerprint density at radius 1 is 1.11 bits per heavy atom. The fourth-order valence-electron chi connectivity index (χ4n) is 2.57. The van der Waals surface area contributed by atoms with E-state index >= 15 is 0 Å². The van der Waals surface area contributed by atoms with Gasteiger partial charge in [-0.05, 0) is 31.2 Å². The Bertz CT molecular complexity index is 877. The molecule has 1 aliphatic rings. The van der Waals surface area contributed by atoms with E-state index in [2.05, 4.69) is 5.32 Å². The minimum atomic E-state index is -0.622. The van der Waals surface area contributed by atoms with Crippen LogP contribution in [0, 0.1) is 0 Å². The molecule has 0 aromatic heterocycles. The Kier molecular flexibility index (Phi) is 6.51. The van der Waals surface area contributed by atoms with Crippen molar-refractivity contribution in [2.24, 2.45) is 0 Å². The molecule has 0 aliphatic carbocycles. The van der Waals surface area contributed by atoms with Gasteiger partial charge < -0.3 is 24.3 Å². The summed E-state index contributed by atoms with van der Waals surface area (Å²) in [6.45, 7) is 2.97. The van der Waals surface area contributed by atoms with E-state index in [4.69, 9.17) is 18.9 Å². The highest BCUT2D eigenvalue weighted by atomic mass is 16.6. The van der Waals surface area contributed by atoms with Crippen LogP contribution in [-0.4, -0.2) is 38.3 Å². The average Bonchev–Trinajstić information content (AvgIpc) is 2.72. The number of carbonyl (C=O) groups excluding carboxylic acids is 2. The zero-order valence-corrected chi connectivity index (χ0v) is 15.5. The van der Waals surface area contributed by atoms with E-state index in [9.17, 15) is 9.59 Å². The van der Waals surface area contributed by atoms with E-state index in [1.165, 1.54) is 6.08 Å². The average molecular weight is 383 g/mol. The molecule has 0 saturated carbocycles. The van der Waals surface area contributed by atoms with Crippen LogP contribution in [0.25, 0.3) is 6.08 Å². The first-order valence-electron chi connectivity index (χ1n) is 8.92. The zero-order chi connectivity index (χ0) is 19.8. The molecule has 0 radical (unpaired) electrons. The van der Waals surface area contributed by atoms with Crippen molar-refractivity contribution in [3.05, 3.63) is 54.1 Å². The van der Waals surface area contributed by atoms with Crippen LogP contribution in [0.4, 0.5) is 5.69 Å². The van der Waals surface area contributed by atoms with Crippen LogP contribution in [0.5, 0.6) is 17.2 Å². The summed E-state index contributed by atoms with van der Waals surface area (Å²) in [5.41, 5.74) is 1.29. The van der Waals surface area contributed by atoms with Gasteiger partial charge in [0.05, 0.1) is 6.61 Å². The number of rotatable bonds is 7. The molecule has 0 atom stereocenters. The smallest absolute Gasteiger partial charge is 0.331 e. The van der Waals surface area contributed by atoms with Gasteiger partial charge in [0.25, 0.3) is 5.91 Å². The number of hydrogen-bond acceptors (Lipinski definition) is 6. The molecule has 146 valence electrons. The summed E-state index contributed by atoms with van der Waals surface area (Å²) < 4.78 is 21.4. The minimum Gasteiger partial charge on any atom is -0.493 e. The number of amides is 1. The maximum atomic E-state index is 12.0. The second-order valence-corrected chi connectivity index (χ2v) is 5.82. The lowest BCUT2D eigenvalue weighted by molar-refractivity contribution is -0.142. The van der Waals surface area contributed by atoms with Crippen molar-refractivity contribution in [3.8, 4) is 17.2 Å². The highest BCUT2D eigenvalue weighted by Gasteiger charge is 2.13. The van der Waals surface area contributed by atoms with E-state index in [-0.39, 0.29) is 0 Å². The number of ether oxygens (including phenoxy) is 4. The van der Waals surface area contributed by atoms with E-state index in [0.717, 1.165) is 5.56 Å². The maximum Gasteiger partial charge on any atom is 0.331 e. The fraction of sp³-hybridized carbons (Fsp3) is 0.238. The number of carbonyl (C=O) groups is 2. The number of benzene rings is 2. The first-order chi connectivity index (χ1) is 13.7. The Labute approximate surface area is 162 Å². The third kappa shape index (κ3) is 5.26. The monoisotopic (exact) mass is 383 g/mol. The molecule has 1 heterocycles. The fourth-order valence-corrected chi connectivity index (χ4v) is 2.57. The summed E-state index contributed by atoms with van der Waals surface area (Å²) in [6, 6.07) is 12.4. The zero-order valence-electron chi connectivity index (χ0n) is 15.5. The molecule has 0 fully saturated rings. The first-order valence-corrected chi connectivity index (χ1v) is 8.92. The second-order valence-electron chi connectivity index (χ2n) is 5.82. The Balaban J connectivity index is 1.50. The molecular weight excluding hydrogens is 362 g/mol. The first kappa shape index (κ1) is 19.3. The molecule has 1 amide bonds. The highest BCUT2D eigenvalue weighted by Crippen LogP contribution is 2.32. The molecule has 7 heteroatoms. The van der Waals surface area contributed by atoms with Gasteiger partial charge in [0, 0.05) is 23.4 Å². The molecule has 0 unspecified atom stereocenters. The van der Waals surface area contributed by atoms with E-state index in [0.29, 0.717) is 42.8 Å². The van der Waals surface area contributed by atoms with E-state index in [1.807, 2.05) is 31.2 Å². The number of hydrogen-bond donors (Lipinski definition) is 1. The van der Waals surface area contributed by atoms with Crippen molar-refractivity contribution in [1.29, 1.82) is 0 Å². The molecular formula is C21H21NO6. The molecule has 3 rings (SSSR count). The Morgan fingerprint density at radius 2 is 1.89 bits per heavy atom. The molecule has 2 aromatic carbocycles. The largest absolute Gasteiger partial charge is 0.493 e. The molecule has 0 bridgehead atoms. The third-order valence-electron chi connectivity index (χ3n) is 3.79. The van der Waals surface area contributed by atoms with Crippen LogP contribution in [-0.2, 0) is 14.3 Å². The van der Waals surface area contributed by atoms with Crippen LogP contribution >= 0.6 is 0 Å². The molecule has 7 nitrogen and oxygen atoms in total. The Morgan fingerprint density at radius 3 is 2.71 bits per heavy atom. The van der Waals surface area contributed by atoms with Gasteiger partial charge in [-0.15, -0.1) is 0 Å². The van der Waals surface area contributed by atoms with Gasteiger partial charge in [-0.1, -0.05) is 18.2 Å². The van der Waals surface area contributed by atoms with E-state index in [1.54, 1.807) is 24.3 Å². The number of nitrogens with one attached hydrogen (secondary N) is 1. The summed E-state index contributed by atoms with van der Waals surface area (Å²) in [5, 5.41) is 2.65. The van der Waals surface area contributed by atoms with Gasteiger partial charge in [-0.3, -0.25) is 4.79 Å². The summed E-state index contributed by atoms with van der Waals surface area (Å²) in [7, 11) is 0. The van der Waals surface area contributed by atoms with Crippen LogP contribution in [0.2, 0.25) is 0 Å². The second kappa shape index (κ2) is 9.45. The predicted molar refractivity (Wildman–Crippen MR) is 104 cm³/mol. The van der Waals surface area contributed by atoms with Gasteiger partial charge in [-0.2, -0.15) is 0 Å². The highest BCUT2D eigenvalue weighted by molar-refractivity contribution is 5.95. The normalized spacial score (nSPS) is 12.5.